The van der Waals surface area contributed by atoms with E-state index in [0.717, 1.165) is 6.42 Å². The second kappa shape index (κ2) is 6.50. The van der Waals surface area contributed by atoms with Crippen LogP contribution in [0.3, 0.4) is 0 Å². The lowest BCUT2D eigenvalue weighted by molar-refractivity contribution is -0.00952. The van der Waals surface area contributed by atoms with Crippen LogP contribution >= 0.6 is 0 Å². The van der Waals surface area contributed by atoms with Gasteiger partial charge in [-0.2, -0.15) is 0 Å². The first-order valence-electron chi connectivity index (χ1n) is 8.75. The number of hydrogen-bond donors (Lipinski definition) is 1. The summed E-state index contributed by atoms with van der Waals surface area (Å²) in [7, 11) is 0. The molecule has 2 heteroatoms. The number of hydrogen-bond acceptors (Lipinski definition) is 2. The van der Waals surface area contributed by atoms with E-state index in [1.54, 1.807) is 0 Å². The lowest BCUT2D eigenvalue weighted by Gasteiger charge is -2.46. The Balaban J connectivity index is 1.85. The normalized spacial score (nSPS) is 33.7. The minimum atomic E-state index is -0.310. The number of aliphatic hydroxyl groups is 1. The van der Waals surface area contributed by atoms with Crippen molar-refractivity contribution in [3.05, 3.63) is 35.4 Å². The molecule has 1 fully saturated rings. The summed E-state index contributed by atoms with van der Waals surface area (Å²) in [5.41, 5.74) is 2.52. The van der Waals surface area contributed by atoms with Crippen LogP contribution in [0.2, 0.25) is 0 Å². The minimum Gasteiger partial charge on any atom is -0.387 e. The van der Waals surface area contributed by atoms with Crippen molar-refractivity contribution >= 4 is 0 Å². The molecule has 2 nitrogen and oxygen atoms in total. The maximum absolute atomic E-state index is 10.9. The van der Waals surface area contributed by atoms with Crippen LogP contribution in [-0.2, 0) is 0 Å². The van der Waals surface area contributed by atoms with E-state index < -0.39 is 0 Å². The summed E-state index contributed by atoms with van der Waals surface area (Å²) >= 11 is 0. The van der Waals surface area contributed by atoms with Crippen LogP contribution in [0.4, 0.5) is 0 Å². The molecule has 1 saturated heterocycles. The molecule has 1 heterocycles. The molecule has 116 valence electrons. The summed E-state index contributed by atoms with van der Waals surface area (Å²) in [4.78, 5) is 2.64. The van der Waals surface area contributed by atoms with Crippen LogP contribution in [0, 0.1) is 0 Å². The Kier molecular flexibility index (Phi) is 4.66. The zero-order chi connectivity index (χ0) is 14.8. The first-order chi connectivity index (χ1) is 10.2. The second-order valence-corrected chi connectivity index (χ2v) is 6.95. The van der Waals surface area contributed by atoms with Crippen molar-refractivity contribution in [1.82, 2.24) is 4.90 Å². The molecular weight excluding hydrogens is 258 g/mol. The van der Waals surface area contributed by atoms with Crippen LogP contribution in [0.1, 0.15) is 75.5 Å². The predicted molar refractivity (Wildman–Crippen MR) is 87.5 cm³/mol. The monoisotopic (exact) mass is 287 g/mol. The number of likely N-dealkylation sites (tertiary alicyclic amines) is 1. The fourth-order valence-corrected chi connectivity index (χ4v) is 4.47. The first kappa shape index (κ1) is 15.1. The topological polar surface area (TPSA) is 23.5 Å². The number of nitrogens with zero attached hydrogens (tertiary/aromatic N) is 1. The Morgan fingerprint density at radius 3 is 2.71 bits per heavy atom. The number of piperidine rings is 1. The highest BCUT2D eigenvalue weighted by Crippen LogP contribution is 2.41. The third-order valence-electron chi connectivity index (χ3n) is 5.53. The summed E-state index contributed by atoms with van der Waals surface area (Å²) in [6, 6.07) is 9.48. The largest absolute Gasteiger partial charge is 0.387 e. The molecule has 4 unspecified atom stereocenters. The van der Waals surface area contributed by atoms with E-state index in [1.807, 2.05) is 0 Å². The van der Waals surface area contributed by atoms with Crippen molar-refractivity contribution in [1.29, 1.82) is 0 Å². The standard InChI is InChI=1S/C19H29NO/c1-3-8-15-9-6-7-12-20(15)18-13-14(2)16-10-4-5-11-17(16)19(18)21/h4-5,10-11,14-15,18-19,21H,3,6-9,12-13H2,1-2H3. The van der Waals surface area contributed by atoms with E-state index in [-0.39, 0.29) is 6.10 Å². The van der Waals surface area contributed by atoms with Crippen molar-refractivity contribution in [3.63, 3.8) is 0 Å². The van der Waals surface area contributed by atoms with Gasteiger partial charge in [0.25, 0.3) is 0 Å². The summed E-state index contributed by atoms with van der Waals surface area (Å²) in [6.45, 7) is 5.76. The lowest BCUT2D eigenvalue weighted by atomic mass is 9.77. The SMILES string of the molecule is CCCC1CCCCN1C1CC(C)c2ccccc2C1O. The molecule has 0 bridgehead atoms. The minimum absolute atomic E-state index is 0.310. The number of fused-ring (bicyclic) bond motifs is 1. The van der Waals surface area contributed by atoms with Gasteiger partial charge in [0.1, 0.15) is 0 Å². The lowest BCUT2D eigenvalue weighted by Crippen LogP contribution is -2.50. The van der Waals surface area contributed by atoms with Gasteiger partial charge in [0, 0.05) is 12.1 Å². The summed E-state index contributed by atoms with van der Waals surface area (Å²) < 4.78 is 0. The van der Waals surface area contributed by atoms with E-state index in [1.165, 1.54) is 49.8 Å². The molecule has 1 N–H and O–H groups in total. The van der Waals surface area contributed by atoms with Crippen LogP contribution in [0.15, 0.2) is 24.3 Å². The van der Waals surface area contributed by atoms with Gasteiger partial charge in [0.2, 0.25) is 0 Å². The molecule has 1 aromatic carbocycles. The van der Waals surface area contributed by atoms with Gasteiger partial charge >= 0.3 is 0 Å². The Bertz CT molecular complexity index is 470. The van der Waals surface area contributed by atoms with Crippen molar-refractivity contribution in [2.75, 3.05) is 6.54 Å². The molecule has 0 radical (unpaired) electrons. The van der Waals surface area contributed by atoms with Gasteiger partial charge in [0.05, 0.1) is 6.10 Å². The van der Waals surface area contributed by atoms with Crippen molar-refractivity contribution in [2.45, 2.75) is 76.5 Å². The fourth-order valence-electron chi connectivity index (χ4n) is 4.47. The first-order valence-corrected chi connectivity index (χ1v) is 8.75. The van der Waals surface area contributed by atoms with Gasteiger partial charge in [-0.25, -0.2) is 0 Å². The van der Waals surface area contributed by atoms with Gasteiger partial charge in [-0.1, -0.05) is 51.0 Å². The second-order valence-electron chi connectivity index (χ2n) is 6.95. The average Bonchev–Trinajstić information content (AvgIpc) is 2.52. The van der Waals surface area contributed by atoms with Gasteiger partial charge < -0.3 is 5.11 Å². The Morgan fingerprint density at radius 1 is 1.19 bits per heavy atom. The smallest absolute Gasteiger partial charge is 0.0948 e. The number of benzene rings is 1. The van der Waals surface area contributed by atoms with E-state index in [2.05, 4.69) is 43.0 Å². The molecule has 0 aromatic heterocycles. The van der Waals surface area contributed by atoms with Gasteiger partial charge in [-0.05, 0) is 49.3 Å². The summed E-state index contributed by atoms with van der Waals surface area (Å²) in [6.07, 6.45) is 7.27. The molecule has 1 aromatic rings. The van der Waals surface area contributed by atoms with Gasteiger partial charge in [-0.3, -0.25) is 4.90 Å². The quantitative estimate of drug-likeness (QED) is 0.898. The maximum atomic E-state index is 10.9. The molecule has 4 atom stereocenters. The van der Waals surface area contributed by atoms with Gasteiger partial charge in [0.15, 0.2) is 0 Å². The molecule has 0 spiro atoms. The van der Waals surface area contributed by atoms with Crippen LogP contribution in [0.25, 0.3) is 0 Å². The molecule has 2 aliphatic rings. The number of aliphatic hydroxyl groups excluding tert-OH is 1. The van der Waals surface area contributed by atoms with E-state index in [9.17, 15) is 5.11 Å². The third-order valence-corrected chi connectivity index (χ3v) is 5.53. The van der Waals surface area contributed by atoms with Crippen molar-refractivity contribution in [2.24, 2.45) is 0 Å². The van der Waals surface area contributed by atoms with E-state index in [4.69, 9.17) is 0 Å². The molecular formula is C19H29NO. The molecule has 3 rings (SSSR count). The molecule has 21 heavy (non-hydrogen) atoms. The maximum Gasteiger partial charge on any atom is 0.0948 e. The highest BCUT2D eigenvalue weighted by atomic mass is 16.3. The van der Waals surface area contributed by atoms with Crippen molar-refractivity contribution in [3.8, 4) is 0 Å². The molecule has 0 saturated carbocycles. The zero-order valence-electron chi connectivity index (χ0n) is 13.5. The highest BCUT2D eigenvalue weighted by molar-refractivity contribution is 5.35. The Labute approximate surface area is 129 Å². The molecule has 1 aliphatic carbocycles. The Morgan fingerprint density at radius 2 is 1.95 bits per heavy atom. The van der Waals surface area contributed by atoms with Crippen molar-refractivity contribution < 1.29 is 5.11 Å². The molecule has 1 aliphatic heterocycles. The number of rotatable bonds is 3. The van der Waals surface area contributed by atoms with E-state index >= 15 is 0 Å². The third kappa shape index (κ3) is 2.89. The summed E-state index contributed by atoms with van der Waals surface area (Å²) in [5.74, 6) is 0.554. The zero-order valence-corrected chi connectivity index (χ0v) is 13.5. The fraction of sp³-hybridized carbons (Fsp3) is 0.684. The predicted octanol–water partition coefficient (Wildman–Crippen LogP) is 4.25. The van der Waals surface area contributed by atoms with Gasteiger partial charge in [-0.15, -0.1) is 0 Å². The Hall–Kier alpha value is -0.860. The van der Waals surface area contributed by atoms with Crippen LogP contribution in [-0.4, -0.2) is 28.6 Å². The summed E-state index contributed by atoms with van der Waals surface area (Å²) in [5, 5.41) is 10.9. The van der Waals surface area contributed by atoms with Crippen LogP contribution < -0.4 is 0 Å². The molecule has 0 amide bonds. The average molecular weight is 287 g/mol. The van der Waals surface area contributed by atoms with E-state index in [0.29, 0.717) is 18.0 Å². The highest BCUT2D eigenvalue weighted by Gasteiger charge is 2.38. The van der Waals surface area contributed by atoms with Crippen LogP contribution in [0.5, 0.6) is 0 Å².